The van der Waals surface area contributed by atoms with Gasteiger partial charge in [0.1, 0.15) is 18.0 Å². The average molecular weight is 453 g/mol. The van der Waals surface area contributed by atoms with Crippen molar-refractivity contribution in [2.45, 2.75) is 58.5 Å². The first-order valence-electron chi connectivity index (χ1n) is 11.0. The van der Waals surface area contributed by atoms with Crippen molar-refractivity contribution >= 4 is 23.3 Å². The minimum absolute atomic E-state index is 0.107. The van der Waals surface area contributed by atoms with Crippen molar-refractivity contribution in [1.82, 2.24) is 9.61 Å². The van der Waals surface area contributed by atoms with Gasteiger partial charge in [-0.05, 0) is 53.8 Å². The summed E-state index contributed by atoms with van der Waals surface area (Å²) in [5, 5.41) is 24.0. The lowest BCUT2D eigenvalue weighted by atomic mass is 9.93. The molecule has 0 amide bonds. The van der Waals surface area contributed by atoms with Crippen molar-refractivity contribution in [3.63, 3.8) is 0 Å². The Bertz CT molecular complexity index is 1190. The van der Waals surface area contributed by atoms with Gasteiger partial charge in [-0.1, -0.05) is 39.8 Å². The number of hydrogen-bond acceptors (Lipinski definition) is 4. The Morgan fingerprint density at radius 3 is 2.30 bits per heavy atom. The monoisotopic (exact) mass is 452 g/mol. The number of aliphatic carboxylic acids is 1. The molecule has 0 saturated carbocycles. The van der Waals surface area contributed by atoms with Crippen LogP contribution in [0.4, 0.5) is 4.39 Å². The minimum Gasteiger partial charge on any atom is -0.481 e. The number of rotatable bonds is 9. The van der Waals surface area contributed by atoms with Gasteiger partial charge in [0.15, 0.2) is 0 Å². The zero-order valence-corrected chi connectivity index (χ0v) is 19.2. The maximum Gasteiger partial charge on any atom is 0.310 e. The predicted molar refractivity (Wildman–Crippen MR) is 126 cm³/mol. The van der Waals surface area contributed by atoms with Crippen LogP contribution in [0.3, 0.4) is 0 Å². The van der Waals surface area contributed by atoms with Crippen LogP contribution in [0.2, 0.25) is 0 Å². The average Bonchev–Trinajstić information content (AvgIpc) is 3.14. The maximum absolute atomic E-state index is 13.6. The third-order valence-corrected chi connectivity index (χ3v) is 5.46. The van der Waals surface area contributed by atoms with Crippen LogP contribution < -0.4 is 0 Å². The van der Waals surface area contributed by atoms with Crippen molar-refractivity contribution in [2.75, 3.05) is 0 Å². The van der Waals surface area contributed by atoms with E-state index in [4.69, 9.17) is 10.2 Å². The summed E-state index contributed by atoms with van der Waals surface area (Å²) in [5.41, 5.74) is 5.11. The molecule has 0 radical (unpaired) electrons. The van der Waals surface area contributed by atoms with E-state index in [9.17, 15) is 19.1 Å². The van der Waals surface area contributed by atoms with Gasteiger partial charge in [-0.15, -0.1) is 0 Å². The Morgan fingerprint density at radius 2 is 1.73 bits per heavy atom. The van der Waals surface area contributed by atoms with Gasteiger partial charge in [-0.25, -0.2) is 8.91 Å². The van der Waals surface area contributed by atoms with Crippen LogP contribution in [0.1, 0.15) is 69.2 Å². The second-order valence-corrected chi connectivity index (χ2v) is 8.79. The third kappa shape index (κ3) is 5.54. The molecule has 33 heavy (non-hydrogen) atoms. The fourth-order valence-electron chi connectivity index (χ4n) is 3.96. The number of benzene rings is 1. The van der Waals surface area contributed by atoms with Gasteiger partial charge < -0.3 is 10.2 Å². The lowest BCUT2D eigenvalue weighted by Crippen LogP contribution is -2.14. The first kappa shape index (κ1) is 24.3. The molecular weight excluding hydrogens is 423 g/mol. The number of nitrogens with zero attached hydrogens (tertiary/aromatic N) is 2. The van der Waals surface area contributed by atoms with Gasteiger partial charge in [0, 0.05) is 23.2 Å². The highest BCUT2D eigenvalue weighted by Crippen LogP contribution is 2.35. The Hall–Kier alpha value is -3.32. The Labute approximate surface area is 192 Å². The summed E-state index contributed by atoms with van der Waals surface area (Å²) in [6.07, 6.45) is 1.16. The zero-order valence-electron chi connectivity index (χ0n) is 19.2. The van der Waals surface area contributed by atoms with Gasteiger partial charge in [-0.2, -0.15) is 5.10 Å². The molecule has 3 aromatic rings. The Morgan fingerprint density at radius 1 is 1.06 bits per heavy atom. The second-order valence-electron chi connectivity index (χ2n) is 8.79. The number of hydrogen-bond donors (Lipinski definition) is 2. The van der Waals surface area contributed by atoms with Crippen LogP contribution in [0.25, 0.3) is 22.9 Å². The van der Waals surface area contributed by atoms with E-state index in [0.29, 0.717) is 5.69 Å². The SMILES string of the molecule is CC(C)c1c(/C=C/C(O)CC(=O)CC(=O)O)c(-c2ccc(F)cc2)nn2c(C(C)C)ccc12. The smallest absolute Gasteiger partial charge is 0.310 e. The lowest BCUT2D eigenvalue weighted by molar-refractivity contribution is -0.140. The molecule has 2 N–H and O–H groups in total. The van der Waals surface area contributed by atoms with Crippen LogP contribution in [-0.4, -0.2) is 37.7 Å². The van der Waals surface area contributed by atoms with E-state index in [1.807, 2.05) is 16.6 Å². The van der Waals surface area contributed by atoms with E-state index in [0.717, 1.165) is 27.9 Å². The van der Waals surface area contributed by atoms with Gasteiger partial charge in [0.05, 0.1) is 17.3 Å². The number of aliphatic hydroxyl groups excluding tert-OH is 1. The number of aromatic nitrogens is 2. The first-order chi connectivity index (χ1) is 15.6. The summed E-state index contributed by atoms with van der Waals surface area (Å²) in [4.78, 5) is 22.5. The zero-order chi connectivity index (χ0) is 24.3. The van der Waals surface area contributed by atoms with Crippen LogP contribution >= 0.6 is 0 Å². The summed E-state index contributed by atoms with van der Waals surface area (Å²) in [5.74, 6) is -1.78. The molecule has 7 heteroatoms. The molecule has 0 aliphatic carbocycles. The standard InChI is InChI=1S/C26H29FN2O4/c1-15(2)22-11-12-23-25(16(3)4)21(10-9-19(30)13-20(31)14-24(32)33)26(28-29(22)23)17-5-7-18(27)8-6-17/h5-12,15-16,19,30H,13-14H2,1-4H3,(H,32,33)/b10-9+. The molecule has 0 bridgehead atoms. The second kappa shape index (κ2) is 10.1. The summed E-state index contributed by atoms with van der Waals surface area (Å²) in [6.45, 7) is 8.31. The molecule has 0 saturated heterocycles. The lowest BCUT2D eigenvalue weighted by Gasteiger charge is -2.18. The highest BCUT2D eigenvalue weighted by Gasteiger charge is 2.21. The number of carbonyl (C=O) groups is 2. The van der Waals surface area contributed by atoms with E-state index >= 15 is 0 Å². The van der Waals surface area contributed by atoms with Crippen LogP contribution in [0.5, 0.6) is 0 Å². The van der Waals surface area contributed by atoms with Crippen molar-refractivity contribution in [3.05, 3.63) is 65.1 Å². The maximum atomic E-state index is 13.6. The van der Waals surface area contributed by atoms with E-state index < -0.39 is 24.3 Å². The molecule has 2 heterocycles. The molecule has 0 spiro atoms. The predicted octanol–water partition coefficient (Wildman–Crippen LogP) is 5.20. The van der Waals surface area contributed by atoms with E-state index in [2.05, 4.69) is 27.7 Å². The highest BCUT2D eigenvalue weighted by molar-refractivity contribution is 5.95. The highest BCUT2D eigenvalue weighted by atomic mass is 19.1. The molecule has 0 fully saturated rings. The van der Waals surface area contributed by atoms with Crippen LogP contribution in [0.15, 0.2) is 42.5 Å². The Kier molecular flexibility index (Phi) is 7.43. The molecular formula is C26H29FN2O4. The van der Waals surface area contributed by atoms with E-state index in [1.54, 1.807) is 18.2 Å². The number of aliphatic hydroxyl groups is 1. The number of halogens is 1. The largest absolute Gasteiger partial charge is 0.481 e. The quantitative estimate of drug-likeness (QED) is 0.436. The molecule has 0 aliphatic heterocycles. The van der Waals surface area contributed by atoms with E-state index in [-0.39, 0.29) is 24.1 Å². The molecule has 1 atom stereocenters. The van der Waals surface area contributed by atoms with Gasteiger partial charge in [-0.3, -0.25) is 9.59 Å². The molecule has 1 aromatic carbocycles. The normalized spacial score (nSPS) is 12.8. The number of carboxylic acid groups (broad SMARTS) is 1. The number of carbonyl (C=O) groups excluding carboxylic acids is 1. The van der Waals surface area contributed by atoms with Crippen LogP contribution in [-0.2, 0) is 9.59 Å². The number of ketones is 1. The van der Waals surface area contributed by atoms with Crippen molar-refractivity contribution in [3.8, 4) is 11.3 Å². The molecule has 6 nitrogen and oxygen atoms in total. The number of fused-ring (bicyclic) bond motifs is 1. The molecule has 1 unspecified atom stereocenters. The molecule has 3 rings (SSSR count). The van der Waals surface area contributed by atoms with Crippen molar-refractivity contribution < 1.29 is 24.2 Å². The van der Waals surface area contributed by atoms with Crippen LogP contribution in [0, 0.1) is 5.82 Å². The summed E-state index contributed by atoms with van der Waals surface area (Å²) in [6, 6.07) is 10.1. The fourth-order valence-corrected chi connectivity index (χ4v) is 3.96. The molecule has 174 valence electrons. The van der Waals surface area contributed by atoms with Crippen molar-refractivity contribution in [2.24, 2.45) is 0 Å². The topological polar surface area (TPSA) is 91.9 Å². The van der Waals surface area contributed by atoms with Gasteiger partial charge in [0.2, 0.25) is 0 Å². The molecule has 2 aromatic heterocycles. The number of Topliss-reactive ketones (excluding diaryl/α,β-unsaturated/α-hetero) is 1. The number of carboxylic acids is 1. The first-order valence-corrected chi connectivity index (χ1v) is 11.0. The Balaban J connectivity index is 2.17. The minimum atomic E-state index is -1.22. The van der Waals surface area contributed by atoms with Gasteiger partial charge in [0.25, 0.3) is 0 Å². The summed E-state index contributed by atoms with van der Waals surface area (Å²) < 4.78 is 15.5. The molecule has 0 aliphatic rings. The summed E-state index contributed by atoms with van der Waals surface area (Å²) >= 11 is 0. The third-order valence-electron chi connectivity index (χ3n) is 5.46. The van der Waals surface area contributed by atoms with Crippen molar-refractivity contribution in [1.29, 1.82) is 0 Å². The summed E-state index contributed by atoms with van der Waals surface area (Å²) in [7, 11) is 0. The van der Waals surface area contributed by atoms with Gasteiger partial charge >= 0.3 is 5.97 Å². The fraction of sp³-hybridized carbons (Fsp3) is 0.346. The van der Waals surface area contributed by atoms with E-state index in [1.165, 1.54) is 18.2 Å².